The number of benzene rings is 1. The fraction of sp³-hybridized carbons (Fsp3) is 0.458. The first kappa shape index (κ1) is 22.6. The number of aliphatic imine (C=N–C) groups is 1. The maximum Gasteiger partial charge on any atom is 0.332 e. The smallest absolute Gasteiger partial charge is 0.332 e. The van der Waals surface area contributed by atoms with Crippen LogP contribution in [0.2, 0.25) is 0 Å². The SMILES string of the molecule is CC(=O)OCCOCCOC(=O)C1N=C(C(=C2CCC2)c2c[nH]c3ccccc23)SC1C. The van der Waals surface area contributed by atoms with Gasteiger partial charge >= 0.3 is 11.9 Å². The summed E-state index contributed by atoms with van der Waals surface area (Å²) in [6, 6.07) is 7.73. The number of fused-ring (bicyclic) bond motifs is 1. The predicted molar refractivity (Wildman–Crippen MR) is 126 cm³/mol. The van der Waals surface area contributed by atoms with Crippen LogP contribution in [0.4, 0.5) is 0 Å². The van der Waals surface area contributed by atoms with Crippen LogP contribution >= 0.6 is 11.8 Å². The maximum absolute atomic E-state index is 12.7. The van der Waals surface area contributed by atoms with E-state index in [1.54, 1.807) is 11.8 Å². The van der Waals surface area contributed by atoms with Crippen LogP contribution in [0.3, 0.4) is 0 Å². The third kappa shape index (κ3) is 5.07. The Kier molecular flexibility index (Phi) is 7.32. The Labute approximate surface area is 191 Å². The minimum absolute atomic E-state index is 0.00303. The summed E-state index contributed by atoms with van der Waals surface area (Å²) in [5, 5.41) is 2.11. The minimum Gasteiger partial charge on any atom is -0.463 e. The number of carbonyl (C=O) groups is 2. The molecule has 1 aliphatic carbocycles. The topological polar surface area (TPSA) is 90.0 Å². The molecule has 2 atom stereocenters. The zero-order chi connectivity index (χ0) is 22.5. The van der Waals surface area contributed by atoms with Crippen LogP contribution in [-0.2, 0) is 23.8 Å². The van der Waals surface area contributed by atoms with E-state index in [0.717, 1.165) is 29.0 Å². The highest BCUT2D eigenvalue weighted by molar-refractivity contribution is 8.15. The van der Waals surface area contributed by atoms with Gasteiger partial charge in [0.1, 0.15) is 13.2 Å². The molecule has 0 amide bonds. The number of para-hydroxylation sites is 1. The number of nitrogens with zero attached hydrogens (tertiary/aromatic N) is 1. The van der Waals surface area contributed by atoms with Crippen LogP contribution in [-0.4, -0.2) is 59.7 Å². The third-order valence-corrected chi connectivity index (χ3v) is 6.79. The molecule has 4 rings (SSSR count). The zero-order valence-electron chi connectivity index (χ0n) is 18.4. The number of aromatic amines is 1. The highest BCUT2D eigenvalue weighted by Crippen LogP contribution is 2.43. The van der Waals surface area contributed by atoms with Gasteiger partial charge in [-0.3, -0.25) is 9.79 Å². The molecule has 2 unspecified atom stereocenters. The van der Waals surface area contributed by atoms with E-state index in [1.165, 1.54) is 29.9 Å². The molecule has 1 N–H and O–H groups in total. The number of allylic oxidation sites excluding steroid dienone is 1. The van der Waals surface area contributed by atoms with Gasteiger partial charge in [-0.05, 0) is 25.3 Å². The molecular weight excluding hydrogens is 428 g/mol. The molecule has 0 radical (unpaired) electrons. The van der Waals surface area contributed by atoms with E-state index >= 15 is 0 Å². The number of thioether (sulfide) groups is 1. The van der Waals surface area contributed by atoms with Gasteiger partial charge in [0.2, 0.25) is 0 Å². The molecule has 2 heterocycles. The lowest BCUT2D eigenvalue weighted by Gasteiger charge is -2.22. The van der Waals surface area contributed by atoms with Crippen molar-refractivity contribution in [1.29, 1.82) is 0 Å². The van der Waals surface area contributed by atoms with Gasteiger partial charge in [0, 0.05) is 40.4 Å². The Morgan fingerprint density at radius 1 is 1.12 bits per heavy atom. The number of carbonyl (C=O) groups excluding carboxylic acids is 2. The van der Waals surface area contributed by atoms with Gasteiger partial charge in [-0.15, -0.1) is 11.8 Å². The van der Waals surface area contributed by atoms with Gasteiger partial charge in [0.05, 0.1) is 18.3 Å². The van der Waals surface area contributed by atoms with Crippen LogP contribution in [0.1, 0.15) is 38.7 Å². The standard InChI is InChI=1S/C24H28N2O5S/c1-15-22(24(28)31-13-11-29-10-12-30-16(2)27)26-23(32-15)21(17-6-5-7-17)19-14-25-20-9-4-3-8-18(19)20/h3-4,8-9,14-15,22,25H,5-7,10-13H2,1-2H3. The number of rotatable bonds is 9. The van der Waals surface area contributed by atoms with Crippen molar-refractivity contribution in [3.8, 4) is 0 Å². The van der Waals surface area contributed by atoms with E-state index in [2.05, 4.69) is 23.3 Å². The molecule has 0 bridgehead atoms. The number of H-pyrrole nitrogens is 1. The van der Waals surface area contributed by atoms with Crippen molar-refractivity contribution in [2.75, 3.05) is 26.4 Å². The molecule has 1 fully saturated rings. The molecule has 1 aromatic carbocycles. The molecular formula is C24H28N2O5S. The molecule has 1 aromatic heterocycles. The fourth-order valence-corrected chi connectivity index (χ4v) is 5.04. The van der Waals surface area contributed by atoms with Crippen LogP contribution < -0.4 is 0 Å². The lowest BCUT2D eigenvalue weighted by Crippen LogP contribution is -2.28. The number of aromatic nitrogens is 1. The molecule has 8 heteroatoms. The molecule has 0 spiro atoms. The summed E-state index contributed by atoms with van der Waals surface area (Å²) < 4.78 is 15.5. The third-order valence-electron chi connectivity index (χ3n) is 5.63. The monoisotopic (exact) mass is 456 g/mol. The first-order valence-corrected chi connectivity index (χ1v) is 11.8. The van der Waals surface area contributed by atoms with Crippen molar-refractivity contribution in [3.05, 3.63) is 41.6 Å². The summed E-state index contributed by atoms with van der Waals surface area (Å²) in [4.78, 5) is 31.6. The van der Waals surface area contributed by atoms with Gasteiger partial charge in [0.15, 0.2) is 6.04 Å². The van der Waals surface area contributed by atoms with Crippen molar-refractivity contribution in [2.24, 2.45) is 4.99 Å². The summed E-state index contributed by atoms with van der Waals surface area (Å²) in [7, 11) is 0. The first-order chi connectivity index (χ1) is 15.5. The van der Waals surface area contributed by atoms with Gasteiger partial charge < -0.3 is 19.2 Å². The van der Waals surface area contributed by atoms with Crippen molar-refractivity contribution >= 4 is 45.2 Å². The van der Waals surface area contributed by atoms with E-state index in [4.69, 9.17) is 19.2 Å². The summed E-state index contributed by atoms with van der Waals surface area (Å²) in [5.41, 5.74) is 4.84. The predicted octanol–water partition coefficient (Wildman–Crippen LogP) is 4.13. The van der Waals surface area contributed by atoms with Crippen LogP contribution in [0.15, 0.2) is 41.0 Å². The van der Waals surface area contributed by atoms with Gasteiger partial charge in [-0.1, -0.05) is 30.7 Å². The highest BCUT2D eigenvalue weighted by atomic mass is 32.2. The number of hydrogen-bond donors (Lipinski definition) is 1. The minimum atomic E-state index is -0.531. The molecule has 1 aliphatic heterocycles. The zero-order valence-corrected chi connectivity index (χ0v) is 19.2. The highest BCUT2D eigenvalue weighted by Gasteiger charge is 2.36. The van der Waals surface area contributed by atoms with E-state index in [1.807, 2.05) is 19.1 Å². The second-order valence-electron chi connectivity index (χ2n) is 7.90. The number of esters is 2. The Morgan fingerprint density at radius 3 is 2.59 bits per heavy atom. The number of hydrogen-bond acceptors (Lipinski definition) is 7. The van der Waals surface area contributed by atoms with Gasteiger partial charge in [-0.2, -0.15) is 0 Å². The average Bonchev–Trinajstić information content (AvgIpc) is 3.33. The maximum atomic E-state index is 12.7. The molecule has 1 saturated carbocycles. The van der Waals surface area contributed by atoms with Gasteiger partial charge in [-0.25, -0.2) is 4.79 Å². The molecule has 2 aromatic rings. The Hall–Kier alpha value is -2.58. The fourth-order valence-electron chi connectivity index (χ4n) is 3.84. The molecule has 2 aliphatic rings. The Bertz CT molecular complexity index is 1050. The lowest BCUT2D eigenvalue weighted by molar-refractivity contribution is -0.147. The summed E-state index contributed by atoms with van der Waals surface area (Å²) in [6.45, 7) is 4.23. The second-order valence-corrected chi connectivity index (χ2v) is 9.27. The molecule has 7 nitrogen and oxygen atoms in total. The summed E-state index contributed by atoms with van der Waals surface area (Å²) >= 11 is 1.65. The Balaban J connectivity index is 1.41. The van der Waals surface area contributed by atoms with Crippen LogP contribution in [0, 0.1) is 0 Å². The van der Waals surface area contributed by atoms with E-state index in [9.17, 15) is 9.59 Å². The van der Waals surface area contributed by atoms with E-state index in [0.29, 0.717) is 0 Å². The van der Waals surface area contributed by atoms with Crippen molar-refractivity contribution in [1.82, 2.24) is 4.98 Å². The van der Waals surface area contributed by atoms with E-state index < -0.39 is 6.04 Å². The number of nitrogens with one attached hydrogen (secondary N) is 1. The quantitative estimate of drug-likeness (QED) is 0.451. The summed E-state index contributed by atoms with van der Waals surface area (Å²) in [5.74, 6) is -0.675. The summed E-state index contributed by atoms with van der Waals surface area (Å²) in [6.07, 6.45) is 5.39. The second kappa shape index (κ2) is 10.4. The molecule has 170 valence electrons. The first-order valence-electron chi connectivity index (χ1n) is 11.0. The van der Waals surface area contributed by atoms with Crippen LogP contribution in [0.5, 0.6) is 0 Å². The normalized spacial score (nSPS) is 20.1. The number of ether oxygens (including phenoxy) is 3. The van der Waals surface area contributed by atoms with Gasteiger partial charge in [0.25, 0.3) is 0 Å². The Morgan fingerprint density at radius 2 is 1.88 bits per heavy atom. The molecule has 0 saturated heterocycles. The lowest BCUT2D eigenvalue weighted by atomic mass is 9.85. The van der Waals surface area contributed by atoms with E-state index in [-0.39, 0.29) is 43.6 Å². The average molecular weight is 457 g/mol. The molecule has 32 heavy (non-hydrogen) atoms. The van der Waals surface area contributed by atoms with Crippen molar-refractivity contribution in [2.45, 2.75) is 44.4 Å². The van der Waals surface area contributed by atoms with Crippen LogP contribution in [0.25, 0.3) is 16.5 Å². The van der Waals surface area contributed by atoms with Crippen molar-refractivity contribution < 1.29 is 23.8 Å². The largest absolute Gasteiger partial charge is 0.463 e. The van der Waals surface area contributed by atoms with Crippen molar-refractivity contribution in [3.63, 3.8) is 0 Å².